The fourth-order valence-corrected chi connectivity index (χ4v) is 5.21. The third-order valence-electron chi connectivity index (χ3n) is 6.87. The molecule has 180 valence electrons. The second-order valence-corrected chi connectivity index (χ2v) is 9.36. The first-order valence-corrected chi connectivity index (χ1v) is 12.6. The molecule has 1 saturated heterocycles. The summed E-state index contributed by atoms with van der Waals surface area (Å²) in [4.78, 5) is 7.66. The quantitative estimate of drug-likeness (QED) is 0.397. The molecular weight excluding hydrogens is 420 g/mol. The lowest BCUT2D eigenvalue weighted by Gasteiger charge is -2.37. The van der Waals surface area contributed by atoms with Crippen molar-refractivity contribution in [2.24, 2.45) is 0 Å². The Kier molecular flexibility index (Phi) is 8.15. The van der Waals surface area contributed by atoms with Gasteiger partial charge in [0.1, 0.15) is 0 Å². The second-order valence-electron chi connectivity index (χ2n) is 9.36. The van der Waals surface area contributed by atoms with E-state index in [0.29, 0.717) is 6.61 Å². The second kappa shape index (κ2) is 11.3. The zero-order valence-corrected chi connectivity index (χ0v) is 21.3. The normalized spacial score (nSPS) is 18.9. The molecule has 0 radical (unpaired) electrons. The molecule has 4 heteroatoms. The average molecular weight is 459 g/mol. The number of hydrogen-bond acceptors (Lipinski definition) is 4. The lowest BCUT2D eigenvalue weighted by Crippen LogP contribution is -2.42. The number of benzene rings is 2. The number of hydrogen-bond donors (Lipinski definition) is 0. The summed E-state index contributed by atoms with van der Waals surface area (Å²) in [5.74, 6) is 0. The Bertz CT molecular complexity index is 1070. The Hall–Kier alpha value is -2.53. The predicted molar refractivity (Wildman–Crippen MR) is 139 cm³/mol. The summed E-state index contributed by atoms with van der Waals surface area (Å²) >= 11 is 0. The number of rotatable bonds is 8. The van der Waals surface area contributed by atoms with E-state index in [1.807, 2.05) is 0 Å². The summed E-state index contributed by atoms with van der Waals surface area (Å²) < 4.78 is 12.0. The van der Waals surface area contributed by atoms with E-state index in [0.717, 1.165) is 43.9 Å². The maximum Gasteiger partial charge on any atom is 0.0956 e. The highest BCUT2D eigenvalue weighted by Crippen LogP contribution is 2.32. The van der Waals surface area contributed by atoms with Gasteiger partial charge in [-0.05, 0) is 60.6 Å². The van der Waals surface area contributed by atoms with E-state index in [2.05, 4.69) is 87.2 Å². The Morgan fingerprint density at radius 2 is 1.68 bits per heavy atom. The minimum Gasteiger partial charge on any atom is -0.380 e. The molecule has 0 aliphatic carbocycles. The number of methoxy groups -OCH3 is 1. The van der Waals surface area contributed by atoms with Crippen molar-refractivity contribution in [3.05, 3.63) is 88.1 Å². The maximum absolute atomic E-state index is 6.29. The van der Waals surface area contributed by atoms with Gasteiger partial charge < -0.3 is 9.47 Å². The molecule has 1 aliphatic rings. The van der Waals surface area contributed by atoms with Gasteiger partial charge in [-0.1, -0.05) is 62.4 Å². The van der Waals surface area contributed by atoms with Crippen LogP contribution in [0.25, 0.3) is 11.3 Å². The van der Waals surface area contributed by atoms with Gasteiger partial charge >= 0.3 is 0 Å². The van der Waals surface area contributed by atoms with Crippen LogP contribution in [0.5, 0.6) is 0 Å². The van der Waals surface area contributed by atoms with E-state index >= 15 is 0 Å². The van der Waals surface area contributed by atoms with E-state index in [1.165, 1.54) is 33.4 Å². The Morgan fingerprint density at radius 3 is 2.32 bits per heavy atom. The molecule has 0 spiro atoms. The molecule has 0 bridgehead atoms. The lowest BCUT2D eigenvalue weighted by molar-refractivity contribution is -0.0815. The highest BCUT2D eigenvalue weighted by Gasteiger charge is 2.27. The lowest BCUT2D eigenvalue weighted by atomic mass is 9.93. The van der Waals surface area contributed by atoms with Crippen LogP contribution in [0.1, 0.15) is 60.4 Å². The Balaban J connectivity index is 1.67. The number of aryl methyl sites for hydroxylation is 3. The zero-order valence-electron chi connectivity index (χ0n) is 21.3. The van der Waals surface area contributed by atoms with Crippen molar-refractivity contribution >= 4 is 0 Å². The first-order valence-electron chi connectivity index (χ1n) is 12.6. The summed E-state index contributed by atoms with van der Waals surface area (Å²) in [6.45, 7) is 12.0. The zero-order chi connectivity index (χ0) is 24.1. The molecule has 3 aromatic rings. The third kappa shape index (κ3) is 5.41. The topological polar surface area (TPSA) is 34.6 Å². The highest BCUT2D eigenvalue weighted by atomic mass is 16.5. The average Bonchev–Trinajstić information content (AvgIpc) is 2.85. The minimum atomic E-state index is 0.0897. The van der Waals surface area contributed by atoms with Gasteiger partial charge in [0.15, 0.2) is 0 Å². The van der Waals surface area contributed by atoms with Crippen molar-refractivity contribution in [1.82, 2.24) is 9.88 Å². The molecule has 2 unspecified atom stereocenters. The van der Waals surface area contributed by atoms with Crippen LogP contribution in [0.4, 0.5) is 0 Å². The summed E-state index contributed by atoms with van der Waals surface area (Å²) in [5.41, 5.74) is 9.92. The van der Waals surface area contributed by atoms with Gasteiger partial charge in [0.25, 0.3) is 0 Å². The van der Waals surface area contributed by atoms with Crippen LogP contribution < -0.4 is 0 Å². The van der Waals surface area contributed by atoms with Gasteiger partial charge in [-0.15, -0.1) is 0 Å². The molecule has 1 aromatic heterocycles. The molecule has 0 saturated carbocycles. The maximum atomic E-state index is 6.29. The van der Waals surface area contributed by atoms with E-state index in [4.69, 9.17) is 14.5 Å². The molecule has 0 N–H and O–H groups in total. The molecule has 0 amide bonds. The Morgan fingerprint density at radius 1 is 0.971 bits per heavy atom. The highest BCUT2D eigenvalue weighted by molar-refractivity contribution is 5.69. The van der Waals surface area contributed by atoms with Crippen molar-refractivity contribution in [2.75, 3.05) is 20.2 Å². The first kappa shape index (κ1) is 24.6. The number of morpholine rings is 1. The Labute approximate surface area is 204 Å². The largest absolute Gasteiger partial charge is 0.380 e. The number of nitrogens with zero attached hydrogens (tertiary/aromatic N) is 2. The van der Waals surface area contributed by atoms with Crippen molar-refractivity contribution in [1.29, 1.82) is 0 Å². The standard InChI is InChI=1S/C30H38N2O2/c1-6-23-14-11-15-24(7-2)30(23)28-16-26(20-33-5)27(22(4)31-28)18-32-17-21(3)34-29(19-32)25-12-9-8-10-13-25/h8-16,21,29H,6-7,17-20H2,1-5H3. The van der Waals surface area contributed by atoms with Crippen molar-refractivity contribution in [3.63, 3.8) is 0 Å². The minimum absolute atomic E-state index is 0.0897. The van der Waals surface area contributed by atoms with Crippen LogP contribution in [0.15, 0.2) is 54.6 Å². The van der Waals surface area contributed by atoms with Gasteiger partial charge in [-0.2, -0.15) is 0 Å². The molecule has 1 fully saturated rings. The van der Waals surface area contributed by atoms with Crippen LogP contribution in [0.2, 0.25) is 0 Å². The SMILES string of the molecule is CCc1cccc(CC)c1-c1cc(COC)c(CN2CC(C)OC(c3ccccc3)C2)c(C)n1. The molecule has 2 heterocycles. The van der Waals surface area contributed by atoms with Crippen molar-refractivity contribution < 1.29 is 9.47 Å². The molecule has 2 atom stereocenters. The van der Waals surface area contributed by atoms with Gasteiger partial charge in [-0.25, -0.2) is 0 Å². The van der Waals surface area contributed by atoms with Crippen molar-refractivity contribution in [2.45, 2.75) is 65.9 Å². The van der Waals surface area contributed by atoms with Crippen LogP contribution in [-0.4, -0.2) is 36.2 Å². The van der Waals surface area contributed by atoms with E-state index in [9.17, 15) is 0 Å². The first-order chi connectivity index (χ1) is 16.5. The van der Waals surface area contributed by atoms with E-state index < -0.39 is 0 Å². The van der Waals surface area contributed by atoms with E-state index in [-0.39, 0.29) is 12.2 Å². The van der Waals surface area contributed by atoms with Gasteiger partial charge in [0.05, 0.1) is 24.5 Å². The molecular formula is C30H38N2O2. The predicted octanol–water partition coefficient (Wildman–Crippen LogP) is 6.29. The molecule has 4 rings (SSSR count). The number of pyridine rings is 1. The molecule has 1 aliphatic heterocycles. The smallest absolute Gasteiger partial charge is 0.0956 e. The van der Waals surface area contributed by atoms with E-state index in [1.54, 1.807) is 7.11 Å². The number of aromatic nitrogens is 1. The van der Waals surface area contributed by atoms with Gasteiger partial charge in [0, 0.05) is 38.0 Å². The van der Waals surface area contributed by atoms with Gasteiger partial charge in [0.2, 0.25) is 0 Å². The summed E-state index contributed by atoms with van der Waals surface area (Å²) in [6, 6.07) is 19.4. The molecule has 34 heavy (non-hydrogen) atoms. The van der Waals surface area contributed by atoms with Gasteiger partial charge in [-0.3, -0.25) is 9.88 Å². The molecule has 2 aromatic carbocycles. The fraction of sp³-hybridized carbons (Fsp3) is 0.433. The van der Waals surface area contributed by atoms with Crippen LogP contribution in [0.3, 0.4) is 0 Å². The number of ether oxygens (including phenoxy) is 2. The summed E-state index contributed by atoms with van der Waals surface area (Å²) in [5, 5.41) is 0. The monoisotopic (exact) mass is 458 g/mol. The van der Waals surface area contributed by atoms with Crippen LogP contribution >= 0.6 is 0 Å². The fourth-order valence-electron chi connectivity index (χ4n) is 5.21. The summed E-state index contributed by atoms with van der Waals surface area (Å²) in [7, 11) is 1.78. The van der Waals surface area contributed by atoms with Crippen LogP contribution in [0, 0.1) is 6.92 Å². The summed E-state index contributed by atoms with van der Waals surface area (Å²) in [6.07, 6.45) is 2.27. The molecule has 4 nitrogen and oxygen atoms in total. The van der Waals surface area contributed by atoms with Crippen molar-refractivity contribution in [3.8, 4) is 11.3 Å². The van der Waals surface area contributed by atoms with Crippen LogP contribution in [-0.2, 0) is 35.5 Å². The third-order valence-corrected chi connectivity index (χ3v) is 6.87.